The maximum atomic E-state index is 11.4. The zero-order chi connectivity index (χ0) is 13.0. The molecule has 6 nitrogen and oxygen atoms in total. The fraction of sp³-hybridized carbons (Fsp3) is 0.300. The van der Waals surface area contributed by atoms with Gasteiger partial charge in [0.25, 0.3) is 0 Å². The minimum atomic E-state index is -0.591. The first-order chi connectivity index (χ1) is 7.90. The lowest BCUT2D eigenvalue weighted by Gasteiger charge is -2.10. The highest BCUT2D eigenvalue weighted by Gasteiger charge is 2.10. The molecule has 0 aliphatic rings. The van der Waals surface area contributed by atoms with E-state index < -0.39 is 5.91 Å². The molecule has 0 unspecified atom stereocenters. The maximum Gasteiger partial charge on any atom is 0.320 e. The Bertz CT molecular complexity index is 448. The molecule has 0 fully saturated rings. The highest BCUT2D eigenvalue weighted by molar-refractivity contribution is 9.10. The van der Waals surface area contributed by atoms with E-state index in [4.69, 9.17) is 5.73 Å². The minimum Gasteiger partial charge on any atom is -0.366 e. The fourth-order valence-corrected chi connectivity index (χ4v) is 1.52. The van der Waals surface area contributed by atoms with Crippen LogP contribution in [0.3, 0.4) is 0 Å². The van der Waals surface area contributed by atoms with Crippen molar-refractivity contribution in [2.45, 2.75) is 19.9 Å². The van der Waals surface area contributed by atoms with Crippen molar-refractivity contribution in [1.29, 1.82) is 0 Å². The zero-order valence-corrected chi connectivity index (χ0v) is 11.0. The SMILES string of the molecule is CC(C)NC(=O)Nc1cc(C(N)=O)c(Br)cn1. The first-order valence-corrected chi connectivity index (χ1v) is 5.72. The fourth-order valence-electron chi connectivity index (χ4n) is 1.11. The van der Waals surface area contributed by atoms with E-state index in [-0.39, 0.29) is 23.5 Å². The summed E-state index contributed by atoms with van der Waals surface area (Å²) in [6, 6.07) is 1.04. The summed E-state index contributed by atoms with van der Waals surface area (Å²) < 4.78 is 0.486. The molecule has 7 heteroatoms. The number of carbonyl (C=O) groups excluding carboxylic acids is 2. The smallest absolute Gasteiger partial charge is 0.320 e. The number of carbonyl (C=O) groups is 2. The highest BCUT2D eigenvalue weighted by Crippen LogP contribution is 2.17. The van der Waals surface area contributed by atoms with E-state index in [1.807, 2.05) is 13.8 Å². The molecule has 3 amide bonds. The molecule has 0 saturated heterocycles. The molecule has 0 bridgehead atoms. The van der Waals surface area contributed by atoms with Gasteiger partial charge >= 0.3 is 6.03 Å². The molecule has 0 aliphatic heterocycles. The van der Waals surface area contributed by atoms with Crippen LogP contribution in [0.5, 0.6) is 0 Å². The van der Waals surface area contributed by atoms with Gasteiger partial charge in [-0.15, -0.1) is 0 Å². The summed E-state index contributed by atoms with van der Waals surface area (Å²) in [5.74, 6) is -0.327. The van der Waals surface area contributed by atoms with Gasteiger partial charge in [-0.1, -0.05) is 0 Å². The Hall–Kier alpha value is -1.63. The predicted molar refractivity (Wildman–Crippen MR) is 67.7 cm³/mol. The van der Waals surface area contributed by atoms with Crippen LogP contribution in [0.1, 0.15) is 24.2 Å². The van der Waals surface area contributed by atoms with E-state index in [9.17, 15) is 9.59 Å². The van der Waals surface area contributed by atoms with Crippen LogP contribution in [-0.4, -0.2) is 23.0 Å². The largest absolute Gasteiger partial charge is 0.366 e. The monoisotopic (exact) mass is 300 g/mol. The number of hydrogen-bond donors (Lipinski definition) is 3. The third-order valence-electron chi connectivity index (χ3n) is 1.78. The number of nitrogens with zero attached hydrogens (tertiary/aromatic N) is 1. The lowest BCUT2D eigenvalue weighted by Crippen LogP contribution is -2.34. The Balaban J connectivity index is 2.82. The number of aromatic nitrogens is 1. The molecule has 1 heterocycles. The third-order valence-corrected chi connectivity index (χ3v) is 2.41. The van der Waals surface area contributed by atoms with E-state index in [1.165, 1.54) is 12.3 Å². The summed E-state index contributed by atoms with van der Waals surface area (Å²) in [6.07, 6.45) is 1.41. The van der Waals surface area contributed by atoms with Crippen molar-refractivity contribution >= 4 is 33.7 Å². The van der Waals surface area contributed by atoms with Crippen LogP contribution >= 0.6 is 15.9 Å². The minimum absolute atomic E-state index is 0.0149. The molecule has 0 radical (unpaired) electrons. The molecule has 0 aliphatic carbocycles. The summed E-state index contributed by atoms with van der Waals surface area (Å²) in [6.45, 7) is 3.67. The number of primary amides is 1. The van der Waals surface area contributed by atoms with Crippen LogP contribution in [0.4, 0.5) is 10.6 Å². The molecule has 1 rings (SSSR count). The normalized spacial score (nSPS) is 10.1. The number of nitrogens with two attached hydrogens (primary N) is 1. The van der Waals surface area contributed by atoms with Gasteiger partial charge in [0.1, 0.15) is 5.82 Å². The number of anilines is 1. The number of rotatable bonds is 3. The molecule has 1 aromatic heterocycles. The summed E-state index contributed by atoms with van der Waals surface area (Å²) in [5.41, 5.74) is 5.43. The van der Waals surface area contributed by atoms with Crippen molar-refractivity contribution in [1.82, 2.24) is 10.3 Å². The summed E-state index contributed by atoms with van der Waals surface area (Å²) in [5, 5.41) is 5.14. The second-order valence-corrected chi connectivity index (χ2v) is 4.52. The second-order valence-electron chi connectivity index (χ2n) is 3.67. The van der Waals surface area contributed by atoms with Gasteiger partial charge in [-0.3, -0.25) is 10.1 Å². The average Bonchev–Trinajstić information content (AvgIpc) is 2.19. The van der Waals surface area contributed by atoms with Gasteiger partial charge in [-0.05, 0) is 35.8 Å². The van der Waals surface area contributed by atoms with Crippen molar-refractivity contribution in [3.63, 3.8) is 0 Å². The van der Waals surface area contributed by atoms with Crippen molar-refractivity contribution in [3.8, 4) is 0 Å². The van der Waals surface area contributed by atoms with E-state index in [1.54, 1.807) is 0 Å². The Labute approximate surface area is 107 Å². The Morgan fingerprint density at radius 1 is 1.47 bits per heavy atom. The van der Waals surface area contributed by atoms with Crippen LogP contribution in [0.2, 0.25) is 0 Å². The van der Waals surface area contributed by atoms with Gasteiger partial charge in [0, 0.05) is 16.7 Å². The van der Waals surface area contributed by atoms with Gasteiger partial charge in [-0.2, -0.15) is 0 Å². The molecule has 17 heavy (non-hydrogen) atoms. The number of pyridine rings is 1. The Morgan fingerprint density at radius 3 is 2.65 bits per heavy atom. The summed E-state index contributed by atoms with van der Waals surface area (Å²) in [7, 11) is 0. The molecule has 0 saturated carbocycles. The Kier molecular flexibility index (Phi) is 4.45. The van der Waals surface area contributed by atoms with Gasteiger partial charge in [-0.25, -0.2) is 9.78 Å². The lowest BCUT2D eigenvalue weighted by molar-refractivity contribution is 0.0999. The molecule has 0 atom stereocenters. The number of hydrogen-bond acceptors (Lipinski definition) is 3. The van der Waals surface area contributed by atoms with Crippen molar-refractivity contribution in [2.24, 2.45) is 5.73 Å². The van der Waals surface area contributed by atoms with Crippen LogP contribution in [0.15, 0.2) is 16.7 Å². The van der Waals surface area contributed by atoms with Crippen molar-refractivity contribution < 1.29 is 9.59 Å². The molecular formula is C10H13BrN4O2. The van der Waals surface area contributed by atoms with Gasteiger partial charge in [0.05, 0.1) is 5.56 Å². The van der Waals surface area contributed by atoms with Crippen LogP contribution in [0.25, 0.3) is 0 Å². The lowest BCUT2D eigenvalue weighted by atomic mass is 10.2. The summed E-state index contributed by atoms with van der Waals surface area (Å²) in [4.78, 5) is 26.4. The predicted octanol–water partition coefficient (Wildman–Crippen LogP) is 1.47. The molecule has 92 valence electrons. The Morgan fingerprint density at radius 2 is 2.12 bits per heavy atom. The van der Waals surface area contributed by atoms with Crippen LogP contribution < -0.4 is 16.4 Å². The van der Waals surface area contributed by atoms with Crippen molar-refractivity contribution in [2.75, 3.05) is 5.32 Å². The zero-order valence-electron chi connectivity index (χ0n) is 9.45. The number of amides is 3. The molecule has 0 spiro atoms. The number of nitrogens with one attached hydrogen (secondary N) is 2. The highest BCUT2D eigenvalue weighted by atomic mass is 79.9. The van der Waals surface area contributed by atoms with Crippen LogP contribution in [0, 0.1) is 0 Å². The average molecular weight is 301 g/mol. The van der Waals surface area contributed by atoms with E-state index in [0.717, 1.165) is 0 Å². The van der Waals surface area contributed by atoms with Gasteiger partial charge in [0.2, 0.25) is 5.91 Å². The first kappa shape index (κ1) is 13.4. The van der Waals surface area contributed by atoms with Gasteiger partial charge < -0.3 is 11.1 Å². The first-order valence-electron chi connectivity index (χ1n) is 4.93. The molecule has 0 aromatic carbocycles. The van der Waals surface area contributed by atoms with E-state index in [2.05, 4.69) is 31.5 Å². The quantitative estimate of drug-likeness (QED) is 0.788. The van der Waals surface area contributed by atoms with Crippen LogP contribution in [-0.2, 0) is 0 Å². The van der Waals surface area contributed by atoms with Gasteiger partial charge in [0.15, 0.2) is 0 Å². The molecule has 1 aromatic rings. The second kappa shape index (κ2) is 5.62. The number of urea groups is 1. The molecule has 4 N–H and O–H groups in total. The van der Waals surface area contributed by atoms with E-state index in [0.29, 0.717) is 4.47 Å². The number of halogens is 1. The topological polar surface area (TPSA) is 97.1 Å². The maximum absolute atomic E-state index is 11.4. The van der Waals surface area contributed by atoms with Crippen molar-refractivity contribution in [3.05, 3.63) is 22.3 Å². The third kappa shape index (κ3) is 4.03. The standard InChI is InChI=1S/C10H13BrN4O2/c1-5(2)14-10(17)15-8-3-6(9(12)16)7(11)4-13-8/h3-5H,1-2H3,(H2,12,16)(H2,13,14,15,17). The van der Waals surface area contributed by atoms with E-state index >= 15 is 0 Å². The summed E-state index contributed by atoms with van der Waals surface area (Å²) >= 11 is 3.15. The molecular weight excluding hydrogens is 288 g/mol.